The topological polar surface area (TPSA) is 88.2 Å². The Balaban J connectivity index is 2.27. The minimum Gasteiger partial charge on any atom is -0.507 e. The molecule has 0 fully saturated rings. The summed E-state index contributed by atoms with van der Waals surface area (Å²) < 4.78 is 0.718. The van der Waals surface area contributed by atoms with Crippen LogP contribution in [0.15, 0.2) is 22.7 Å². The third-order valence-corrected chi connectivity index (χ3v) is 3.81. The Morgan fingerprint density at radius 2 is 2.32 bits per heavy atom. The molecule has 5 nitrogen and oxygen atoms in total. The van der Waals surface area contributed by atoms with Gasteiger partial charge < -0.3 is 16.2 Å². The number of hydrogen-bond acceptors (Lipinski definition) is 5. The summed E-state index contributed by atoms with van der Waals surface area (Å²) >= 11 is 4.47. The molecule has 1 heterocycles. The molecule has 2 aromatic rings. The number of nitrogens with two attached hydrogens (primary N) is 1. The zero-order chi connectivity index (χ0) is 14.0. The van der Waals surface area contributed by atoms with Gasteiger partial charge in [0.05, 0.1) is 11.3 Å². The van der Waals surface area contributed by atoms with Gasteiger partial charge in [-0.15, -0.1) is 0 Å². The van der Waals surface area contributed by atoms with Crippen LogP contribution >= 0.6 is 27.3 Å². The molecule has 0 atom stereocenters. The number of nitrogens with zero attached hydrogens (tertiary/aromatic N) is 1. The lowest BCUT2D eigenvalue weighted by atomic mass is 10.2. The Kier molecular flexibility index (Phi) is 4.06. The fraction of sp³-hybridized carbons (Fsp3) is 0.167. The summed E-state index contributed by atoms with van der Waals surface area (Å²) in [5, 5.41) is 13.4. The van der Waals surface area contributed by atoms with Crippen molar-refractivity contribution in [2.75, 3.05) is 11.1 Å². The number of phenolic OH excluding ortho intramolecular Hbond substituents is 1. The lowest BCUT2D eigenvalue weighted by Crippen LogP contribution is -2.12. The zero-order valence-electron chi connectivity index (χ0n) is 10.1. The highest BCUT2D eigenvalue weighted by Gasteiger charge is 2.15. The molecule has 2 rings (SSSR count). The maximum absolute atomic E-state index is 12.1. The molecular weight excluding hydrogens is 330 g/mol. The van der Waals surface area contributed by atoms with Gasteiger partial charge in [0.15, 0.2) is 5.13 Å². The second-order valence-corrected chi connectivity index (χ2v) is 5.74. The number of amides is 1. The molecule has 4 N–H and O–H groups in total. The van der Waals surface area contributed by atoms with Gasteiger partial charge in [-0.05, 0) is 24.6 Å². The lowest BCUT2D eigenvalue weighted by molar-refractivity contribution is 0.102. The van der Waals surface area contributed by atoms with Crippen LogP contribution in [0, 0.1) is 0 Å². The van der Waals surface area contributed by atoms with Gasteiger partial charge in [-0.2, -0.15) is 0 Å². The molecule has 0 spiro atoms. The third kappa shape index (κ3) is 3.05. The van der Waals surface area contributed by atoms with Gasteiger partial charge in [0.1, 0.15) is 10.8 Å². The Bertz CT molecular complexity index is 627. The second kappa shape index (κ2) is 5.58. The number of aromatic nitrogens is 1. The van der Waals surface area contributed by atoms with Crippen molar-refractivity contribution >= 4 is 43.3 Å². The smallest absolute Gasteiger partial charge is 0.260 e. The number of benzene rings is 1. The Morgan fingerprint density at radius 3 is 3.00 bits per heavy atom. The average molecular weight is 342 g/mol. The van der Waals surface area contributed by atoms with E-state index in [-0.39, 0.29) is 11.3 Å². The van der Waals surface area contributed by atoms with Crippen LogP contribution in [0.25, 0.3) is 0 Å². The molecule has 0 unspecified atom stereocenters. The van der Waals surface area contributed by atoms with E-state index >= 15 is 0 Å². The molecule has 100 valence electrons. The number of phenols is 1. The molecule has 7 heteroatoms. The first-order valence-corrected chi connectivity index (χ1v) is 7.17. The number of nitrogen functional groups attached to an aromatic ring is 1. The van der Waals surface area contributed by atoms with E-state index in [4.69, 9.17) is 5.73 Å². The average Bonchev–Trinajstić information content (AvgIpc) is 2.72. The van der Waals surface area contributed by atoms with Crippen molar-refractivity contribution in [3.05, 3.63) is 33.9 Å². The number of carbonyl (C=O) groups is 1. The van der Waals surface area contributed by atoms with E-state index in [1.54, 1.807) is 12.1 Å². The largest absolute Gasteiger partial charge is 0.507 e. The van der Waals surface area contributed by atoms with E-state index in [0.29, 0.717) is 16.6 Å². The number of aryl methyl sites for hydroxylation is 1. The number of carbonyl (C=O) groups excluding carboxylic acids is 1. The van der Waals surface area contributed by atoms with Gasteiger partial charge in [0.25, 0.3) is 5.91 Å². The van der Waals surface area contributed by atoms with E-state index in [2.05, 4.69) is 26.2 Å². The van der Waals surface area contributed by atoms with Crippen molar-refractivity contribution in [1.29, 1.82) is 0 Å². The van der Waals surface area contributed by atoms with Crippen molar-refractivity contribution in [2.45, 2.75) is 13.3 Å². The van der Waals surface area contributed by atoms with E-state index < -0.39 is 5.91 Å². The monoisotopic (exact) mass is 341 g/mol. The van der Waals surface area contributed by atoms with E-state index in [1.807, 2.05) is 6.92 Å². The molecule has 19 heavy (non-hydrogen) atoms. The number of rotatable bonds is 3. The fourth-order valence-electron chi connectivity index (χ4n) is 1.57. The first-order chi connectivity index (χ1) is 9.01. The number of thiazole rings is 1. The predicted octanol–water partition coefficient (Wildman–Crippen LogP) is 3.01. The Labute approximate surface area is 122 Å². The molecular formula is C12H12BrN3O2S. The summed E-state index contributed by atoms with van der Waals surface area (Å²) in [6, 6.07) is 4.68. The molecule has 0 aliphatic carbocycles. The molecule has 0 radical (unpaired) electrons. The van der Waals surface area contributed by atoms with Gasteiger partial charge in [-0.3, -0.25) is 4.79 Å². The van der Waals surface area contributed by atoms with Crippen LogP contribution in [-0.2, 0) is 6.42 Å². The van der Waals surface area contributed by atoms with Crippen LogP contribution in [0.2, 0.25) is 0 Å². The van der Waals surface area contributed by atoms with Crippen molar-refractivity contribution in [1.82, 2.24) is 4.98 Å². The molecule has 0 saturated carbocycles. The number of anilines is 2. The van der Waals surface area contributed by atoms with Crippen LogP contribution in [0.4, 0.5) is 10.1 Å². The molecule has 1 aromatic heterocycles. The minimum atomic E-state index is -0.392. The van der Waals surface area contributed by atoms with Crippen LogP contribution in [0.1, 0.15) is 23.0 Å². The van der Waals surface area contributed by atoms with E-state index in [0.717, 1.165) is 10.2 Å². The van der Waals surface area contributed by atoms with Crippen molar-refractivity contribution < 1.29 is 9.90 Å². The summed E-state index contributed by atoms with van der Waals surface area (Å²) in [6.45, 7) is 1.93. The normalized spacial score (nSPS) is 10.4. The molecule has 0 aliphatic heterocycles. The van der Waals surface area contributed by atoms with Gasteiger partial charge >= 0.3 is 0 Å². The quantitative estimate of drug-likeness (QED) is 0.800. The van der Waals surface area contributed by atoms with Crippen LogP contribution in [-0.4, -0.2) is 16.0 Å². The van der Waals surface area contributed by atoms with Crippen molar-refractivity contribution in [3.8, 4) is 5.75 Å². The van der Waals surface area contributed by atoms with Gasteiger partial charge in [0, 0.05) is 4.47 Å². The maximum Gasteiger partial charge on any atom is 0.260 e. The van der Waals surface area contributed by atoms with Crippen molar-refractivity contribution in [2.24, 2.45) is 0 Å². The molecule has 0 bridgehead atoms. The first-order valence-electron chi connectivity index (χ1n) is 5.56. The maximum atomic E-state index is 12.1. The van der Waals surface area contributed by atoms with Crippen LogP contribution in [0.3, 0.4) is 0 Å². The summed E-state index contributed by atoms with van der Waals surface area (Å²) in [6.07, 6.45) is 0.674. The molecule has 0 saturated heterocycles. The summed E-state index contributed by atoms with van der Waals surface area (Å²) in [7, 11) is 0. The van der Waals surface area contributed by atoms with Gasteiger partial charge in [-0.1, -0.05) is 34.2 Å². The number of hydrogen-bond donors (Lipinski definition) is 3. The highest BCUT2D eigenvalue weighted by atomic mass is 79.9. The fourth-order valence-corrected chi connectivity index (χ4v) is 2.75. The summed E-state index contributed by atoms with van der Waals surface area (Å²) in [4.78, 5) is 16.2. The van der Waals surface area contributed by atoms with E-state index in [1.165, 1.54) is 17.4 Å². The summed E-state index contributed by atoms with van der Waals surface area (Å²) in [5.74, 6) is -0.464. The number of aromatic hydroxyl groups is 1. The van der Waals surface area contributed by atoms with Gasteiger partial charge in [-0.25, -0.2) is 4.98 Å². The van der Waals surface area contributed by atoms with E-state index in [9.17, 15) is 9.90 Å². The standard InChI is InChI=1S/C12H12BrN3O2S/c1-2-8-11(19-12(14)15-8)16-10(18)7-5-6(13)3-4-9(7)17/h3-5,17H,2H2,1H3,(H2,14,15)(H,16,18). The highest BCUT2D eigenvalue weighted by molar-refractivity contribution is 9.10. The highest BCUT2D eigenvalue weighted by Crippen LogP contribution is 2.29. The van der Waals surface area contributed by atoms with Gasteiger partial charge in [0.2, 0.25) is 0 Å². The lowest BCUT2D eigenvalue weighted by Gasteiger charge is -2.06. The zero-order valence-corrected chi connectivity index (χ0v) is 12.5. The minimum absolute atomic E-state index is 0.0729. The molecule has 1 amide bonds. The van der Waals surface area contributed by atoms with Crippen LogP contribution < -0.4 is 11.1 Å². The first kappa shape index (κ1) is 13.8. The molecule has 0 aliphatic rings. The number of halogens is 1. The third-order valence-electron chi connectivity index (χ3n) is 2.48. The Hall–Kier alpha value is -1.60. The number of nitrogens with one attached hydrogen (secondary N) is 1. The van der Waals surface area contributed by atoms with Crippen LogP contribution in [0.5, 0.6) is 5.75 Å². The summed E-state index contributed by atoms with van der Waals surface area (Å²) in [5.41, 5.74) is 6.56. The Morgan fingerprint density at radius 1 is 1.58 bits per heavy atom. The second-order valence-electron chi connectivity index (χ2n) is 3.80. The molecule has 1 aromatic carbocycles. The van der Waals surface area contributed by atoms with Crippen molar-refractivity contribution in [3.63, 3.8) is 0 Å². The SMILES string of the molecule is CCc1nc(N)sc1NC(=O)c1cc(Br)ccc1O. The predicted molar refractivity (Wildman–Crippen MR) is 79.7 cm³/mol.